The summed E-state index contributed by atoms with van der Waals surface area (Å²) >= 11 is 7.22. The highest BCUT2D eigenvalue weighted by molar-refractivity contribution is 7.99. The predicted molar refractivity (Wildman–Crippen MR) is 99.3 cm³/mol. The molecule has 1 N–H and O–H groups in total. The SMILES string of the molecule is N#CCSc1ccccc1NC(=O)COC(=O)COc1ccccc1Cl. The Morgan fingerprint density at radius 2 is 1.85 bits per heavy atom. The van der Waals surface area contributed by atoms with Gasteiger partial charge in [0.25, 0.3) is 5.91 Å². The Hall–Kier alpha value is -2.69. The van der Waals surface area contributed by atoms with Crippen molar-refractivity contribution in [3.63, 3.8) is 0 Å². The first-order chi connectivity index (χ1) is 12.6. The summed E-state index contributed by atoms with van der Waals surface area (Å²) in [6, 6.07) is 15.8. The van der Waals surface area contributed by atoms with Crippen LogP contribution < -0.4 is 10.1 Å². The molecular weight excluding hydrogens is 376 g/mol. The predicted octanol–water partition coefficient (Wildman–Crippen LogP) is 3.52. The van der Waals surface area contributed by atoms with E-state index in [-0.39, 0.29) is 12.4 Å². The highest BCUT2D eigenvalue weighted by atomic mass is 35.5. The van der Waals surface area contributed by atoms with Crippen LogP contribution in [0.4, 0.5) is 5.69 Å². The van der Waals surface area contributed by atoms with E-state index in [2.05, 4.69) is 5.32 Å². The number of hydrogen-bond donors (Lipinski definition) is 1. The molecule has 0 heterocycles. The fraction of sp³-hybridized carbons (Fsp3) is 0.167. The second-order valence-corrected chi connectivity index (χ2v) is 6.30. The minimum atomic E-state index is -0.688. The summed E-state index contributed by atoms with van der Waals surface area (Å²) < 4.78 is 10.1. The molecule has 2 aromatic rings. The zero-order valence-electron chi connectivity index (χ0n) is 13.6. The summed E-state index contributed by atoms with van der Waals surface area (Å²) in [4.78, 5) is 24.4. The van der Waals surface area contributed by atoms with Gasteiger partial charge in [-0.25, -0.2) is 4.79 Å². The van der Waals surface area contributed by atoms with Crippen LogP contribution in [0.25, 0.3) is 0 Å². The van der Waals surface area contributed by atoms with Gasteiger partial charge >= 0.3 is 5.97 Å². The van der Waals surface area contributed by atoms with E-state index in [9.17, 15) is 9.59 Å². The molecule has 2 aromatic carbocycles. The number of benzene rings is 2. The molecule has 0 saturated heterocycles. The van der Waals surface area contributed by atoms with Crippen molar-refractivity contribution in [1.29, 1.82) is 5.26 Å². The van der Waals surface area contributed by atoms with Crippen molar-refractivity contribution in [3.8, 4) is 11.8 Å². The maximum Gasteiger partial charge on any atom is 0.344 e. The molecule has 0 unspecified atom stereocenters. The van der Waals surface area contributed by atoms with Gasteiger partial charge in [-0.1, -0.05) is 35.9 Å². The first-order valence-corrected chi connectivity index (χ1v) is 8.88. The second kappa shape index (κ2) is 10.3. The standard InChI is InChI=1S/C18H15ClN2O4S/c19-13-5-1-3-7-15(13)24-12-18(23)25-11-17(22)21-14-6-2-4-8-16(14)26-10-9-20/h1-8H,10-12H2,(H,21,22). The average Bonchev–Trinajstić information content (AvgIpc) is 2.65. The van der Waals surface area contributed by atoms with Crippen LogP contribution in [0.15, 0.2) is 53.4 Å². The van der Waals surface area contributed by atoms with E-state index >= 15 is 0 Å². The van der Waals surface area contributed by atoms with Crippen LogP contribution in [0.3, 0.4) is 0 Å². The van der Waals surface area contributed by atoms with Gasteiger partial charge in [0.15, 0.2) is 13.2 Å². The highest BCUT2D eigenvalue weighted by Crippen LogP contribution is 2.26. The molecule has 0 saturated carbocycles. The fourth-order valence-electron chi connectivity index (χ4n) is 1.88. The lowest BCUT2D eigenvalue weighted by atomic mass is 10.3. The number of nitrogens with zero attached hydrogens (tertiary/aromatic N) is 1. The van der Waals surface area contributed by atoms with Crippen LogP contribution in [0.5, 0.6) is 5.75 Å². The van der Waals surface area contributed by atoms with Crippen molar-refractivity contribution in [2.24, 2.45) is 0 Å². The average molecular weight is 391 g/mol. The van der Waals surface area contributed by atoms with E-state index in [0.29, 0.717) is 16.5 Å². The number of thioether (sulfide) groups is 1. The Kier molecular flexibility index (Phi) is 7.80. The lowest BCUT2D eigenvalue weighted by Gasteiger charge is -2.10. The Bertz CT molecular complexity index is 823. The van der Waals surface area contributed by atoms with E-state index < -0.39 is 18.5 Å². The molecule has 1 amide bonds. The third-order valence-electron chi connectivity index (χ3n) is 3.00. The number of carbonyl (C=O) groups is 2. The zero-order chi connectivity index (χ0) is 18.8. The zero-order valence-corrected chi connectivity index (χ0v) is 15.2. The topological polar surface area (TPSA) is 88.4 Å². The summed E-state index contributed by atoms with van der Waals surface area (Å²) in [6.45, 7) is -0.798. The second-order valence-electron chi connectivity index (χ2n) is 4.87. The number of carbonyl (C=O) groups excluding carboxylic acids is 2. The summed E-state index contributed by atoms with van der Waals surface area (Å²) in [6.07, 6.45) is 0. The van der Waals surface area contributed by atoms with Gasteiger partial charge in [-0.3, -0.25) is 4.79 Å². The monoisotopic (exact) mass is 390 g/mol. The Morgan fingerprint density at radius 1 is 1.12 bits per heavy atom. The molecule has 0 radical (unpaired) electrons. The molecular formula is C18H15ClN2O4S. The first kappa shape index (κ1) is 19.6. The van der Waals surface area contributed by atoms with Crippen molar-refractivity contribution < 1.29 is 19.1 Å². The molecule has 0 aliphatic rings. The van der Waals surface area contributed by atoms with Gasteiger partial charge in [-0.05, 0) is 24.3 Å². The van der Waals surface area contributed by atoms with E-state index in [0.717, 1.165) is 4.90 Å². The van der Waals surface area contributed by atoms with Gasteiger partial charge in [0, 0.05) is 4.90 Å². The number of hydrogen-bond acceptors (Lipinski definition) is 6. The Morgan fingerprint density at radius 3 is 2.62 bits per heavy atom. The molecule has 0 aliphatic carbocycles. The number of rotatable bonds is 8. The lowest BCUT2D eigenvalue weighted by Crippen LogP contribution is -2.23. The molecule has 0 fully saturated rings. The lowest BCUT2D eigenvalue weighted by molar-refractivity contribution is -0.149. The van der Waals surface area contributed by atoms with Crippen LogP contribution in [-0.4, -0.2) is 30.8 Å². The Balaban J connectivity index is 1.79. The van der Waals surface area contributed by atoms with Crippen LogP contribution >= 0.6 is 23.4 Å². The van der Waals surface area contributed by atoms with Crippen molar-refractivity contribution in [3.05, 3.63) is 53.6 Å². The molecule has 2 rings (SSSR count). The smallest absolute Gasteiger partial charge is 0.344 e. The molecule has 0 aliphatic heterocycles. The van der Waals surface area contributed by atoms with E-state index in [4.69, 9.17) is 26.3 Å². The van der Waals surface area contributed by atoms with E-state index in [1.165, 1.54) is 11.8 Å². The summed E-state index contributed by atoms with van der Waals surface area (Å²) in [5.74, 6) is -0.548. The molecule has 134 valence electrons. The maximum atomic E-state index is 11.9. The van der Waals surface area contributed by atoms with Crippen LogP contribution in [0.1, 0.15) is 0 Å². The molecule has 0 atom stereocenters. The molecule has 26 heavy (non-hydrogen) atoms. The summed E-state index contributed by atoms with van der Waals surface area (Å²) in [5.41, 5.74) is 0.557. The minimum Gasteiger partial charge on any atom is -0.480 e. The maximum absolute atomic E-state index is 11.9. The van der Waals surface area contributed by atoms with Gasteiger partial charge in [0.1, 0.15) is 5.75 Å². The molecule has 0 aromatic heterocycles. The largest absolute Gasteiger partial charge is 0.480 e. The van der Waals surface area contributed by atoms with Crippen LogP contribution in [-0.2, 0) is 14.3 Å². The summed E-state index contributed by atoms with van der Waals surface area (Å²) in [5, 5.41) is 11.7. The Labute approximate surface area is 160 Å². The van der Waals surface area contributed by atoms with Crippen molar-refractivity contribution in [2.45, 2.75) is 4.90 Å². The number of ether oxygens (including phenoxy) is 2. The van der Waals surface area contributed by atoms with Gasteiger partial charge in [-0.2, -0.15) is 5.26 Å². The molecule has 6 nitrogen and oxygen atoms in total. The fourth-order valence-corrected chi connectivity index (χ4v) is 2.74. The van der Waals surface area contributed by atoms with E-state index in [1.54, 1.807) is 48.5 Å². The van der Waals surface area contributed by atoms with E-state index in [1.807, 2.05) is 6.07 Å². The third kappa shape index (κ3) is 6.31. The van der Waals surface area contributed by atoms with Gasteiger partial charge in [-0.15, -0.1) is 11.8 Å². The van der Waals surface area contributed by atoms with Crippen LogP contribution in [0.2, 0.25) is 5.02 Å². The van der Waals surface area contributed by atoms with Gasteiger partial charge in [0.05, 0.1) is 22.5 Å². The number of amides is 1. The quantitative estimate of drug-likeness (QED) is 0.548. The van der Waals surface area contributed by atoms with Crippen molar-refractivity contribution in [2.75, 3.05) is 24.3 Å². The number of anilines is 1. The number of para-hydroxylation sites is 2. The number of esters is 1. The molecule has 0 bridgehead atoms. The number of nitrogens with one attached hydrogen (secondary N) is 1. The highest BCUT2D eigenvalue weighted by Gasteiger charge is 2.11. The van der Waals surface area contributed by atoms with Gasteiger partial charge in [0.2, 0.25) is 0 Å². The molecule has 8 heteroatoms. The van der Waals surface area contributed by atoms with Crippen molar-refractivity contribution in [1.82, 2.24) is 0 Å². The number of nitriles is 1. The normalized spacial score (nSPS) is 9.85. The first-order valence-electron chi connectivity index (χ1n) is 7.51. The third-order valence-corrected chi connectivity index (χ3v) is 4.25. The molecule has 0 spiro atoms. The van der Waals surface area contributed by atoms with Gasteiger partial charge < -0.3 is 14.8 Å². The van der Waals surface area contributed by atoms with Crippen LogP contribution in [0, 0.1) is 11.3 Å². The number of halogens is 1. The minimum absolute atomic E-state index is 0.265. The van der Waals surface area contributed by atoms with Crippen molar-refractivity contribution >= 4 is 40.9 Å². The summed E-state index contributed by atoms with van der Waals surface area (Å²) in [7, 11) is 0.